The van der Waals surface area contributed by atoms with Crippen LogP contribution in [0, 0.1) is 0 Å². The minimum absolute atomic E-state index is 0.106. The minimum atomic E-state index is -1.10. The van der Waals surface area contributed by atoms with Gasteiger partial charge in [0.15, 0.2) is 5.69 Å². The number of carboxylic acids is 1. The summed E-state index contributed by atoms with van der Waals surface area (Å²) >= 11 is 0. The van der Waals surface area contributed by atoms with Crippen molar-refractivity contribution in [3.05, 3.63) is 17.5 Å². The second-order valence-electron chi connectivity index (χ2n) is 3.96. The zero-order chi connectivity index (χ0) is 12.5. The lowest BCUT2D eigenvalue weighted by atomic mass is 9.89. The summed E-state index contributed by atoms with van der Waals surface area (Å²) in [4.78, 5) is 22.3. The summed E-state index contributed by atoms with van der Waals surface area (Å²) in [6.07, 6.45) is 0. The van der Waals surface area contributed by atoms with E-state index in [2.05, 4.69) is 9.84 Å². The first-order valence-corrected chi connectivity index (χ1v) is 4.67. The summed E-state index contributed by atoms with van der Waals surface area (Å²) in [5.74, 6) is -1.56. The first kappa shape index (κ1) is 12.2. The first-order valence-electron chi connectivity index (χ1n) is 4.67. The lowest BCUT2D eigenvalue weighted by molar-refractivity contribution is -0.142. The maximum atomic E-state index is 11.2. The Kier molecular flexibility index (Phi) is 3.02. The molecule has 0 aromatic carbocycles. The van der Waals surface area contributed by atoms with Crippen LogP contribution >= 0.6 is 0 Å². The largest absolute Gasteiger partial charge is 0.481 e. The van der Waals surface area contributed by atoms with Crippen LogP contribution in [0.1, 0.15) is 30.0 Å². The van der Waals surface area contributed by atoms with Crippen LogP contribution in [0.2, 0.25) is 0 Å². The average molecular weight is 226 g/mol. The summed E-state index contributed by atoms with van der Waals surface area (Å²) < 4.78 is 5.89. The lowest BCUT2D eigenvalue weighted by Gasteiger charge is -2.18. The molecule has 0 saturated carbocycles. The molecular formula is C10H14N2O4. The van der Waals surface area contributed by atoms with Gasteiger partial charge in [0.1, 0.15) is 5.41 Å². The van der Waals surface area contributed by atoms with E-state index in [4.69, 9.17) is 5.11 Å². The van der Waals surface area contributed by atoms with Crippen molar-refractivity contribution in [1.29, 1.82) is 0 Å². The molecule has 0 spiro atoms. The lowest BCUT2D eigenvalue weighted by Crippen LogP contribution is -2.30. The molecule has 0 aliphatic rings. The third-order valence-corrected chi connectivity index (χ3v) is 2.45. The van der Waals surface area contributed by atoms with Gasteiger partial charge in [0.25, 0.3) is 0 Å². The Bertz CT molecular complexity index is 434. The Morgan fingerprint density at radius 3 is 2.50 bits per heavy atom. The number of aliphatic carboxylic acids is 1. The number of esters is 1. The van der Waals surface area contributed by atoms with Crippen LogP contribution in [-0.2, 0) is 22.0 Å². The Hall–Kier alpha value is -1.85. The van der Waals surface area contributed by atoms with Gasteiger partial charge >= 0.3 is 11.9 Å². The number of ether oxygens (including phenoxy) is 1. The number of aryl methyl sites for hydroxylation is 1. The number of rotatable bonds is 3. The van der Waals surface area contributed by atoms with Crippen molar-refractivity contribution < 1.29 is 19.4 Å². The molecule has 6 heteroatoms. The number of nitrogens with zero attached hydrogens (tertiary/aromatic N) is 2. The van der Waals surface area contributed by atoms with E-state index in [1.54, 1.807) is 20.9 Å². The molecule has 0 amide bonds. The summed E-state index contributed by atoms with van der Waals surface area (Å²) in [5.41, 5.74) is -0.552. The number of carbonyl (C=O) groups excluding carboxylic acids is 1. The molecule has 0 unspecified atom stereocenters. The maximum absolute atomic E-state index is 11.2. The van der Waals surface area contributed by atoms with Crippen LogP contribution in [-0.4, -0.2) is 33.9 Å². The smallest absolute Gasteiger partial charge is 0.358 e. The standard InChI is InChI=1S/C10H14N2O4/c1-10(2,9(14)15)7-5-6(8(13)16-4)11-12(7)3/h5H,1-4H3,(H,14,15). The molecule has 1 heterocycles. The monoisotopic (exact) mass is 226 g/mol. The first-order chi connectivity index (χ1) is 7.30. The second kappa shape index (κ2) is 3.96. The van der Waals surface area contributed by atoms with Gasteiger partial charge in [-0.25, -0.2) is 4.79 Å². The van der Waals surface area contributed by atoms with Gasteiger partial charge in [-0.15, -0.1) is 0 Å². The highest BCUT2D eigenvalue weighted by atomic mass is 16.5. The molecule has 1 aromatic heterocycles. The van der Waals surface area contributed by atoms with Crippen molar-refractivity contribution in [2.75, 3.05) is 7.11 Å². The highest BCUT2D eigenvalue weighted by molar-refractivity contribution is 5.88. The summed E-state index contributed by atoms with van der Waals surface area (Å²) in [6, 6.07) is 1.43. The molecule has 0 aliphatic heterocycles. The van der Waals surface area contributed by atoms with Gasteiger partial charge in [0.05, 0.1) is 12.8 Å². The molecule has 0 radical (unpaired) electrons. The molecular weight excluding hydrogens is 212 g/mol. The van der Waals surface area contributed by atoms with Crippen molar-refractivity contribution in [2.45, 2.75) is 19.3 Å². The van der Waals surface area contributed by atoms with Crippen LogP contribution in [0.3, 0.4) is 0 Å². The van der Waals surface area contributed by atoms with E-state index in [0.29, 0.717) is 5.69 Å². The van der Waals surface area contributed by atoms with Crippen LogP contribution in [0.15, 0.2) is 6.07 Å². The Morgan fingerprint density at radius 1 is 1.50 bits per heavy atom. The van der Waals surface area contributed by atoms with E-state index in [1.165, 1.54) is 17.9 Å². The van der Waals surface area contributed by atoms with Gasteiger partial charge in [0, 0.05) is 7.05 Å². The Morgan fingerprint density at radius 2 is 2.06 bits per heavy atom. The molecule has 0 saturated heterocycles. The van der Waals surface area contributed by atoms with Crippen LogP contribution < -0.4 is 0 Å². The van der Waals surface area contributed by atoms with Crippen LogP contribution in [0.5, 0.6) is 0 Å². The van der Waals surface area contributed by atoms with Crippen LogP contribution in [0.4, 0.5) is 0 Å². The molecule has 0 fully saturated rings. The molecule has 0 aliphatic carbocycles. The molecule has 88 valence electrons. The molecule has 0 bridgehead atoms. The Balaban J connectivity index is 3.22. The highest BCUT2D eigenvalue weighted by Crippen LogP contribution is 2.23. The Labute approximate surface area is 92.8 Å². The predicted molar refractivity (Wildman–Crippen MR) is 55.2 cm³/mol. The zero-order valence-electron chi connectivity index (χ0n) is 9.64. The summed E-state index contributed by atoms with van der Waals surface area (Å²) in [6.45, 7) is 3.10. The normalized spacial score (nSPS) is 11.2. The third kappa shape index (κ3) is 1.91. The fraction of sp³-hybridized carbons (Fsp3) is 0.500. The molecule has 0 atom stereocenters. The molecule has 1 aromatic rings. The van der Waals surface area contributed by atoms with Gasteiger partial charge in [-0.05, 0) is 19.9 Å². The number of carbonyl (C=O) groups is 2. The number of hydrogen-bond donors (Lipinski definition) is 1. The molecule has 1 N–H and O–H groups in total. The number of methoxy groups -OCH3 is 1. The maximum Gasteiger partial charge on any atom is 0.358 e. The fourth-order valence-corrected chi connectivity index (χ4v) is 1.37. The number of carboxylic acid groups (broad SMARTS) is 1. The predicted octanol–water partition coefficient (Wildman–Crippen LogP) is 0.569. The van der Waals surface area contributed by atoms with E-state index in [0.717, 1.165) is 0 Å². The van der Waals surface area contributed by atoms with Gasteiger partial charge < -0.3 is 9.84 Å². The quantitative estimate of drug-likeness (QED) is 0.762. The molecule has 1 rings (SSSR count). The number of hydrogen-bond acceptors (Lipinski definition) is 4. The van der Waals surface area contributed by atoms with Crippen molar-refractivity contribution in [2.24, 2.45) is 7.05 Å². The third-order valence-electron chi connectivity index (χ3n) is 2.45. The highest BCUT2D eigenvalue weighted by Gasteiger charge is 2.33. The van der Waals surface area contributed by atoms with Crippen molar-refractivity contribution in [1.82, 2.24) is 9.78 Å². The van der Waals surface area contributed by atoms with Gasteiger partial charge in [-0.3, -0.25) is 9.48 Å². The van der Waals surface area contributed by atoms with E-state index < -0.39 is 17.4 Å². The zero-order valence-corrected chi connectivity index (χ0v) is 9.64. The SMILES string of the molecule is COC(=O)c1cc(C(C)(C)C(=O)O)n(C)n1. The van der Waals surface area contributed by atoms with E-state index >= 15 is 0 Å². The van der Waals surface area contributed by atoms with Crippen molar-refractivity contribution >= 4 is 11.9 Å². The summed E-state index contributed by atoms with van der Waals surface area (Å²) in [5, 5.41) is 13.0. The average Bonchev–Trinajstić information content (AvgIpc) is 2.59. The van der Waals surface area contributed by atoms with Gasteiger partial charge in [-0.1, -0.05) is 0 Å². The van der Waals surface area contributed by atoms with Crippen LogP contribution in [0.25, 0.3) is 0 Å². The van der Waals surface area contributed by atoms with E-state index in [1.807, 2.05) is 0 Å². The summed E-state index contributed by atoms with van der Waals surface area (Å²) in [7, 11) is 2.84. The van der Waals surface area contributed by atoms with Crippen molar-refractivity contribution in [3.63, 3.8) is 0 Å². The second-order valence-corrected chi connectivity index (χ2v) is 3.96. The van der Waals surface area contributed by atoms with Crippen molar-refractivity contribution in [3.8, 4) is 0 Å². The van der Waals surface area contributed by atoms with Gasteiger partial charge in [-0.2, -0.15) is 5.10 Å². The van der Waals surface area contributed by atoms with Gasteiger partial charge in [0.2, 0.25) is 0 Å². The molecule has 16 heavy (non-hydrogen) atoms. The fourth-order valence-electron chi connectivity index (χ4n) is 1.37. The topological polar surface area (TPSA) is 81.4 Å². The van der Waals surface area contributed by atoms with E-state index in [-0.39, 0.29) is 5.69 Å². The van der Waals surface area contributed by atoms with E-state index in [9.17, 15) is 9.59 Å². The minimum Gasteiger partial charge on any atom is -0.481 e. The number of aromatic nitrogens is 2. The molecule has 6 nitrogen and oxygen atoms in total.